The Bertz CT molecular complexity index is 1920. The van der Waals surface area contributed by atoms with Crippen molar-refractivity contribution in [2.45, 2.75) is 62.6 Å². The number of halogens is 3. The van der Waals surface area contributed by atoms with E-state index >= 15 is 0 Å². The minimum absolute atomic E-state index is 0.0264. The maximum Gasteiger partial charge on any atom is 0.272 e. The van der Waals surface area contributed by atoms with Gasteiger partial charge in [0.05, 0.1) is 19.8 Å². The highest BCUT2D eigenvalue weighted by molar-refractivity contribution is 6.31. The van der Waals surface area contributed by atoms with Gasteiger partial charge in [-0.05, 0) is 58.5 Å². The molecule has 11 heteroatoms. The molecule has 1 saturated heterocycles. The fourth-order valence-corrected chi connectivity index (χ4v) is 6.63. The zero-order valence-corrected chi connectivity index (χ0v) is 30.3. The van der Waals surface area contributed by atoms with Crippen LogP contribution in [0.15, 0.2) is 133 Å². The van der Waals surface area contributed by atoms with Crippen LogP contribution in [0, 0.1) is 0 Å². The van der Waals surface area contributed by atoms with E-state index in [1.54, 1.807) is 42.5 Å². The van der Waals surface area contributed by atoms with Crippen molar-refractivity contribution < 1.29 is 47.1 Å². The van der Waals surface area contributed by atoms with Crippen LogP contribution >= 0.6 is 11.6 Å². The number of benzene rings is 5. The minimum Gasteiger partial charge on any atom is -0.488 e. The van der Waals surface area contributed by atoms with Gasteiger partial charge in [0, 0.05) is 17.7 Å². The molecule has 0 aromatic heterocycles. The highest BCUT2D eigenvalue weighted by atomic mass is 35.5. The predicted octanol–water partition coefficient (Wildman–Crippen LogP) is 8.05. The lowest BCUT2D eigenvalue weighted by atomic mass is 9.85. The van der Waals surface area contributed by atoms with Crippen LogP contribution in [-0.2, 0) is 60.5 Å². The van der Waals surface area contributed by atoms with Gasteiger partial charge in [0.25, 0.3) is 12.2 Å². The predicted molar refractivity (Wildman–Crippen MR) is 198 cm³/mol. The monoisotopic (exact) mass is 758 g/mol. The van der Waals surface area contributed by atoms with Crippen LogP contribution in [0.2, 0.25) is 5.02 Å². The Morgan fingerprint density at radius 2 is 1.28 bits per heavy atom. The molecule has 0 amide bonds. The van der Waals surface area contributed by atoms with E-state index in [1.807, 2.05) is 91.0 Å². The summed E-state index contributed by atoms with van der Waals surface area (Å²) in [4.78, 5) is 13.0. The molecule has 0 aliphatic carbocycles. The van der Waals surface area contributed by atoms with Gasteiger partial charge in [-0.2, -0.15) is 0 Å². The molecule has 0 unspecified atom stereocenters. The van der Waals surface area contributed by atoms with Crippen LogP contribution < -0.4 is 4.74 Å². The maximum absolute atomic E-state index is 13.0. The zero-order chi connectivity index (χ0) is 38.0. The molecule has 282 valence electrons. The first-order chi connectivity index (χ1) is 26.2. The molecule has 0 spiro atoms. The lowest BCUT2D eigenvalue weighted by Crippen LogP contribution is -2.71. The molecule has 0 bridgehead atoms. The van der Waals surface area contributed by atoms with Crippen molar-refractivity contribution in [3.63, 3.8) is 0 Å². The van der Waals surface area contributed by atoms with Crippen LogP contribution in [0.5, 0.6) is 5.75 Å². The second-order valence-corrected chi connectivity index (χ2v) is 13.3. The van der Waals surface area contributed by atoms with Crippen molar-refractivity contribution in [2.24, 2.45) is 0 Å². The van der Waals surface area contributed by atoms with E-state index in [0.717, 1.165) is 22.3 Å². The summed E-state index contributed by atoms with van der Waals surface area (Å²) in [6.45, 7) is -0.504. The summed E-state index contributed by atoms with van der Waals surface area (Å²) in [5.74, 6) is -4.21. The Hall–Kier alpha value is -4.52. The molecule has 5 atom stereocenters. The molecular weight excluding hydrogens is 718 g/mol. The van der Waals surface area contributed by atoms with Crippen LogP contribution in [0.25, 0.3) is 0 Å². The lowest BCUT2D eigenvalue weighted by molar-refractivity contribution is -0.436. The van der Waals surface area contributed by atoms with Crippen molar-refractivity contribution in [3.8, 4) is 5.75 Å². The highest BCUT2D eigenvalue weighted by Gasteiger charge is 2.64. The number of hydrogen-bond acceptors (Lipinski definition) is 8. The number of hydrogen-bond donors (Lipinski definition) is 1. The van der Waals surface area contributed by atoms with Crippen LogP contribution in [0.1, 0.15) is 33.4 Å². The van der Waals surface area contributed by atoms with Gasteiger partial charge in [-0.15, -0.1) is 0 Å². The van der Waals surface area contributed by atoms with Crippen LogP contribution in [0.3, 0.4) is 0 Å². The van der Waals surface area contributed by atoms with Crippen molar-refractivity contribution in [3.05, 3.63) is 172 Å². The fourth-order valence-electron chi connectivity index (χ4n) is 6.45. The van der Waals surface area contributed by atoms with Gasteiger partial charge in [-0.3, -0.25) is 4.79 Å². The summed E-state index contributed by atoms with van der Waals surface area (Å²) >= 11 is 6.75. The molecule has 8 nitrogen and oxygen atoms in total. The third-order valence-corrected chi connectivity index (χ3v) is 9.51. The molecule has 0 radical (unpaired) electrons. The van der Waals surface area contributed by atoms with Gasteiger partial charge in [-0.1, -0.05) is 121 Å². The second kappa shape index (κ2) is 18.2. The largest absolute Gasteiger partial charge is 0.488 e. The average molecular weight is 759 g/mol. The quantitative estimate of drug-likeness (QED) is 0.0954. The third-order valence-electron chi connectivity index (χ3n) is 9.14. The Morgan fingerprint density at radius 1 is 0.741 bits per heavy atom. The molecule has 5 aromatic carbocycles. The minimum atomic E-state index is -2.59. The number of ether oxygens (including phenoxy) is 6. The molecular formula is C43H41ClF2O8. The summed E-state index contributed by atoms with van der Waals surface area (Å²) in [5, 5.41) is 12.6. The fraction of sp³-hybridized carbons (Fsp3) is 0.279. The molecule has 1 heterocycles. The Morgan fingerprint density at radius 3 is 1.80 bits per heavy atom. The summed E-state index contributed by atoms with van der Waals surface area (Å²) < 4.78 is 62.9. The molecule has 5 aromatic rings. The first kappa shape index (κ1) is 39.2. The van der Waals surface area contributed by atoms with E-state index in [2.05, 4.69) is 0 Å². The SMILES string of the molecule is CO[C@@]1(c2ccc(Cl)c(Cc3ccc(OCC(F)F)cc3)c2)O[C@](O)(C=O)[C@@H](OCc2ccccc2)[C@H](OCc2ccccc2)[C@H]1OCc1ccccc1. The van der Waals surface area contributed by atoms with E-state index in [-0.39, 0.29) is 26.1 Å². The topological polar surface area (TPSA) is 92.7 Å². The Kier molecular flexibility index (Phi) is 13.2. The Labute approximate surface area is 318 Å². The molecule has 54 heavy (non-hydrogen) atoms. The van der Waals surface area contributed by atoms with Crippen molar-refractivity contribution in [2.75, 3.05) is 13.7 Å². The summed E-state index contributed by atoms with van der Waals surface area (Å²) in [6.07, 6.45) is -5.62. The molecule has 1 aliphatic heterocycles. The summed E-state index contributed by atoms with van der Waals surface area (Å²) in [5.41, 5.74) is 4.33. The van der Waals surface area contributed by atoms with Gasteiger partial charge in [0.1, 0.15) is 30.7 Å². The number of rotatable bonds is 17. The normalized spacial score (nSPS) is 22.6. The standard InChI is InChI=1S/C43H41ClF2O8/c1-49-43(35-19-22-37(44)34(24-35)23-30-17-20-36(21-18-30)50-28-38(45)46)41(53-27-33-15-9-4-10-16-33)39(51-25-31-11-5-2-6-12-31)40(42(48,29-47)54-43)52-26-32-13-7-3-8-14-32/h2-22,24,29,38-41,48H,23,25-28H2,1H3/t39-,40-,41+,42+,43-/m0/s1. The average Bonchev–Trinajstić information content (AvgIpc) is 3.20. The molecule has 1 aliphatic rings. The molecule has 1 N–H and O–H groups in total. The van der Waals surface area contributed by atoms with Crippen LogP contribution in [-0.4, -0.2) is 55.6 Å². The van der Waals surface area contributed by atoms with Crippen molar-refractivity contribution in [1.82, 2.24) is 0 Å². The number of methoxy groups -OCH3 is 1. The van der Waals surface area contributed by atoms with Gasteiger partial charge >= 0.3 is 0 Å². The molecule has 6 rings (SSSR count). The number of carbonyl (C=O) groups is 1. The smallest absolute Gasteiger partial charge is 0.272 e. The molecule has 0 saturated carbocycles. The van der Waals surface area contributed by atoms with Gasteiger partial charge in [0.15, 0.2) is 6.29 Å². The van der Waals surface area contributed by atoms with E-state index in [4.69, 9.17) is 40.0 Å². The summed E-state index contributed by atoms with van der Waals surface area (Å²) in [6, 6.07) is 40.1. The first-order valence-electron chi connectivity index (χ1n) is 17.4. The van der Waals surface area contributed by atoms with E-state index in [1.165, 1.54) is 7.11 Å². The number of carbonyl (C=O) groups excluding carboxylic acids is 1. The number of aldehydes is 1. The van der Waals surface area contributed by atoms with Gasteiger partial charge in [-0.25, -0.2) is 8.78 Å². The van der Waals surface area contributed by atoms with E-state index < -0.39 is 42.9 Å². The lowest BCUT2D eigenvalue weighted by Gasteiger charge is -2.53. The van der Waals surface area contributed by atoms with E-state index in [9.17, 15) is 18.7 Å². The zero-order valence-electron chi connectivity index (χ0n) is 29.6. The van der Waals surface area contributed by atoms with E-state index in [0.29, 0.717) is 28.3 Å². The van der Waals surface area contributed by atoms with Crippen LogP contribution in [0.4, 0.5) is 8.78 Å². The maximum atomic E-state index is 13.0. The number of alkyl halides is 2. The van der Waals surface area contributed by atoms with Gasteiger partial charge in [0.2, 0.25) is 5.79 Å². The highest BCUT2D eigenvalue weighted by Crippen LogP contribution is 2.47. The van der Waals surface area contributed by atoms with Crippen molar-refractivity contribution in [1.29, 1.82) is 0 Å². The first-order valence-corrected chi connectivity index (χ1v) is 17.8. The van der Waals surface area contributed by atoms with Crippen molar-refractivity contribution >= 4 is 17.9 Å². The second-order valence-electron chi connectivity index (χ2n) is 12.9. The molecule has 1 fully saturated rings. The third kappa shape index (κ3) is 9.40. The summed E-state index contributed by atoms with van der Waals surface area (Å²) in [7, 11) is 1.40. The Balaban J connectivity index is 1.41. The van der Waals surface area contributed by atoms with Gasteiger partial charge < -0.3 is 33.5 Å². The number of aliphatic hydroxyl groups is 1.